The zero-order chi connectivity index (χ0) is 12.8. The third kappa shape index (κ3) is 3.12. The molecule has 0 spiro atoms. The molecule has 94 valence electrons. The molecule has 0 aliphatic carbocycles. The van der Waals surface area contributed by atoms with Gasteiger partial charge in [0.2, 0.25) is 0 Å². The van der Waals surface area contributed by atoms with E-state index in [2.05, 4.69) is 21.9 Å². The van der Waals surface area contributed by atoms with E-state index in [1.807, 2.05) is 30.3 Å². The van der Waals surface area contributed by atoms with Gasteiger partial charge in [-0.25, -0.2) is 0 Å². The molecule has 2 heterocycles. The zero-order valence-corrected chi connectivity index (χ0v) is 10.5. The minimum absolute atomic E-state index is 0.138. The summed E-state index contributed by atoms with van der Waals surface area (Å²) in [6.45, 7) is 1.39. The Labute approximate surface area is 107 Å². The number of rotatable bonds is 5. The summed E-state index contributed by atoms with van der Waals surface area (Å²) in [5.41, 5.74) is 8.10. The number of hydrogen-bond acceptors (Lipinski definition) is 4. The first-order valence-electron chi connectivity index (χ1n) is 6.01. The molecule has 0 saturated heterocycles. The topological polar surface area (TPSA) is 55.0 Å². The molecule has 2 aromatic heterocycles. The summed E-state index contributed by atoms with van der Waals surface area (Å²) >= 11 is 0. The Morgan fingerprint density at radius 1 is 1.17 bits per heavy atom. The van der Waals surface area contributed by atoms with Gasteiger partial charge in [0.15, 0.2) is 0 Å². The molecule has 0 radical (unpaired) electrons. The Hall–Kier alpha value is -1.78. The fraction of sp³-hybridized carbons (Fsp3) is 0.286. The molecule has 4 nitrogen and oxygen atoms in total. The van der Waals surface area contributed by atoms with Crippen LogP contribution in [0.15, 0.2) is 48.9 Å². The van der Waals surface area contributed by atoms with Gasteiger partial charge in [-0.05, 0) is 36.9 Å². The quantitative estimate of drug-likeness (QED) is 0.865. The van der Waals surface area contributed by atoms with Gasteiger partial charge in [0.25, 0.3) is 0 Å². The average molecular weight is 242 g/mol. The molecule has 1 atom stereocenters. The molecule has 4 heteroatoms. The predicted octanol–water partition coefficient (Wildman–Crippen LogP) is 1.61. The molecular formula is C14H18N4. The summed E-state index contributed by atoms with van der Waals surface area (Å²) in [4.78, 5) is 10.6. The molecule has 2 aromatic rings. The van der Waals surface area contributed by atoms with Crippen LogP contribution in [0.1, 0.15) is 17.3 Å². The van der Waals surface area contributed by atoms with Crippen LogP contribution in [0.2, 0.25) is 0 Å². The van der Waals surface area contributed by atoms with Crippen LogP contribution < -0.4 is 5.73 Å². The van der Waals surface area contributed by atoms with E-state index in [-0.39, 0.29) is 6.04 Å². The molecule has 0 amide bonds. The molecule has 1 unspecified atom stereocenters. The second-order valence-corrected chi connectivity index (χ2v) is 4.28. The molecular weight excluding hydrogens is 224 g/mol. The second kappa shape index (κ2) is 6.23. The maximum atomic E-state index is 5.87. The van der Waals surface area contributed by atoms with Gasteiger partial charge < -0.3 is 5.73 Å². The van der Waals surface area contributed by atoms with E-state index in [9.17, 15) is 0 Å². The van der Waals surface area contributed by atoms with Crippen LogP contribution in [0.3, 0.4) is 0 Å². The number of hydrogen-bond donors (Lipinski definition) is 1. The van der Waals surface area contributed by atoms with Crippen LogP contribution in [0.5, 0.6) is 0 Å². The summed E-state index contributed by atoms with van der Waals surface area (Å²) in [5, 5.41) is 0. The lowest BCUT2D eigenvalue weighted by atomic mass is 10.1. The second-order valence-electron chi connectivity index (χ2n) is 4.28. The van der Waals surface area contributed by atoms with E-state index in [4.69, 9.17) is 5.73 Å². The van der Waals surface area contributed by atoms with Gasteiger partial charge in [-0.2, -0.15) is 0 Å². The molecule has 0 bridgehead atoms. The van der Waals surface area contributed by atoms with Crippen molar-refractivity contribution in [2.75, 3.05) is 13.6 Å². The number of nitrogens with zero attached hydrogens (tertiary/aromatic N) is 3. The minimum Gasteiger partial charge on any atom is -0.329 e. The third-order valence-corrected chi connectivity index (χ3v) is 2.97. The van der Waals surface area contributed by atoms with Crippen molar-refractivity contribution in [3.05, 3.63) is 60.2 Å². The van der Waals surface area contributed by atoms with Crippen LogP contribution in [0.25, 0.3) is 0 Å². The standard InChI is InChI=1S/C14H18N4/c1-18(11-12-5-8-16-9-6-12)14(10-15)13-4-2-3-7-17-13/h2-9,14H,10-11,15H2,1H3. The van der Waals surface area contributed by atoms with Crippen LogP contribution in [-0.2, 0) is 6.54 Å². The Bertz CT molecular complexity index is 458. The molecule has 0 fully saturated rings. The molecule has 2 N–H and O–H groups in total. The van der Waals surface area contributed by atoms with Crippen molar-refractivity contribution in [2.24, 2.45) is 5.73 Å². The fourth-order valence-corrected chi connectivity index (χ4v) is 1.99. The fourth-order valence-electron chi connectivity index (χ4n) is 1.99. The Balaban J connectivity index is 2.09. The van der Waals surface area contributed by atoms with Crippen molar-refractivity contribution in [2.45, 2.75) is 12.6 Å². The summed E-state index contributed by atoms with van der Waals surface area (Å²) in [6, 6.07) is 10.1. The molecule has 0 aliphatic rings. The third-order valence-electron chi connectivity index (χ3n) is 2.97. The van der Waals surface area contributed by atoms with Gasteiger partial charge in [0, 0.05) is 31.7 Å². The van der Waals surface area contributed by atoms with E-state index >= 15 is 0 Å². The van der Waals surface area contributed by atoms with E-state index < -0.39 is 0 Å². The van der Waals surface area contributed by atoms with Crippen molar-refractivity contribution in [3.8, 4) is 0 Å². The Morgan fingerprint density at radius 2 is 1.94 bits per heavy atom. The number of likely N-dealkylation sites (N-methyl/N-ethyl adjacent to an activating group) is 1. The highest BCUT2D eigenvalue weighted by atomic mass is 15.1. The van der Waals surface area contributed by atoms with E-state index in [0.717, 1.165) is 12.2 Å². The average Bonchev–Trinajstić information content (AvgIpc) is 2.42. The van der Waals surface area contributed by atoms with Crippen LogP contribution >= 0.6 is 0 Å². The van der Waals surface area contributed by atoms with Gasteiger partial charge in [-0.15, -0.1) is 0 Å². The van der Waals surface area contributed by atoms with Crippen LogP contribution in [0.4, 0.5) is 0 Å². The smallest absolute Gasteiger partial charge is 0.0644 e. The maximum Gasteiger partial charge on any atom is 0.0644 e. The first kappa shape index (κ1) is 12.7. The van der Waals surface area contributed by atoms with E-state index in [0.29, 0.717) is 6.54 Å². The van der Waals surface area contributed by atoms with Crippen molar-refractivity contribution >= 4 is 0 Å². The number of pyridine rings is 2. The van der Waals surface area contributed by atoms with Crippen molar-refractivity contribution < 1.29 is 0 Å². The normalized spacial score (nSPS) is 12.6. The van der Waals surface area contributed by atoms with Gasteiger partial charge in [-0.3, -0.25) is 14.9 Å². The molecule has 0 aromatic carbocycles. The monoisotopic (exact) mass is 242 g/mol. The molecule has 18 heavy (non-hydrogen) atoms. The number of nitrogens with two attached hydrogens (primary N) is 1. The summed E-state index contributed by atoms with van der Waals surface area (Å²) in [6.07, 6.45) is 5.42. The number of aromatic nitrogens is 2. The summed E-state index contributed by atoms with van der Waals surface area (Å²) < 4.78 is 0. The maximum absolute atomic E-state index is 5.87. The van der Waals surface area contributed by atoms with Gasteiger partial charge >= 0.3 is 0 Å². The zero-order valence-electron chi connectivity index (χ0n) is 10.5. The van der Waals surface area contributed by atoms with Crippen molar-refractivity contribution in [1.29, 1.82) is 0 Å². The Kier molecular flexibility index (Phi) is 4.39. The van der Waals surface area contributed by atoms with Crippen LogP contribution in [-0.4, -0.2) is 28.5 Å². The summed E-state index contributed by atoms with van der Waals surface area (Å²) in [7, 11) is 2.06. The molecule has 0 saturated carbocycles. The molecule has 2 rings (SSSR count). The SMILES string of the molecule is CN(Cc1ccncc1)C(CN)c1ccccn1. The van der Waals surface area contributed by atoms with Gasteiger partial charge in [0.1, 0.15) is 0 Å². The van der Waals surface area contributed by atoms with E-state index in [1.54, 1.807) is 18.6 Å². The van der Waals surface area contributed by atoms with Crippen LogP contribution in [0, 0.1) is 0 Å². The highest BCUT2D eigenvalue weighted by molar-refractivity contribution is 5.12. The van der Waals surface area contributed by atoms with Crippen molar-refractivity contribution in [3.63, 3.8) is 0 Å². The highest BCUT2D eigenvalue weighted by Gasteiger charge is 2.16. The minimum atomic E-state index is 0.138. The summed E-state index contributed by atoms with van der Waals surface area (Å²) in [5.74, 6) is 0. The lowest BCUT2D eigenvalue weighted by molar-refractivity contribution is 0.237. The molecule has 0 aliphatic heterocycles. The first-order chi connectivity index (χ1) is 8.81. The lowest BCUT2D eigenvalue weighted by Crippen LogP contribution is -2.30. The predicted molar refractivity (Wildman–Crippen MR) is 71.7 cm³/mol. The van der Waals surface area contributed by atoms with Gasteiger partial charge in [-0.1, -0.05) is 6.07 Å². The highest BCUT2D eigenvalue weighted by Crippen LogP contribution is 2.17. The largest absolute Gasteiger partial charge is 0.329 e. The van der Waals surface area contributed by atoms with Crippen molar-refractivity contribution in [1.82, 2.24) is 14.9 Å². The Morgan fingerprint density at radius 3 is 2.56 bits per heavy atom. The van der Waals surface area contributed by atoms with E-state index in [1.165, 1.54) is 5.56 Å². The lowest BCUT2D eigenvalue weighted by Gasteiger charge is -2.26. The van der Waals surface area contributed by atoms with Gasteiger partial charge in [0.05, 0.1) is 11.7 Å². The first-order valence-corrected chi connectivity index (χ1v) is 6.01.